The van der Waals surface area contributed by atoms with E-state index in [1.54, 1.807) is 7.11 Å². The molecule has 3 heteroatoms. The Balaban J connectivity index is 2.00. The number of aliphatic imine (C=N–C) groups is 1. The molecule has 3 aromatic rings. The summed E-state index contributed by atoms with van der Waals surface area (Å²) < 4.78 is 7.34. The summed E-state index contributed by atoms with van der Waals surface area (Å²) in [4.78, 5) is 4.70. The number of fused-ring (bicyclic) bond motifs is 1. The Bertz CT molecular complexity index is 798. The molecule has 0 aliphatic rings. The van der Waals surface area contributed by atoms with Crippen LogP contribution in [0.3, 0.4) is 0 Å². The number of methoxy groups -OCH3 is 1. The first kappa shape index (κ1) is 13.4. The topological polar surface area (TPSA) is 26.5 Å². The zero-order valence-electron chi connectivity index (χ0n) is 12.5. The fraction of sp³-hybridized carbons (Fsp3) is 0.167. The first-order valence-electron chi connectivity index (χ1n) is 6.93. The van der Waals surface area contributed by atoms with E-state index >= 15 is 0 Å². The SMILES string of the molecule is COc1ccc(N=C(C)c2cc3ccccc3n2C)cc1. The van der Waals surface area contributed by atoms with Gasteiger partial charge in [-0.1, -0.05) is 18.2 Å². The first-order valence-corrected chi connectivity index (χ1v) is 6.93. The van der Waals surface area contributed by atoms with Crippen molar-refractivity contribution >= 4 is 22.3 Å². The minimum absolute atomic E-state index is 0.844. The Hall–Kier alpha value is -2.55. The van der Waals surface area contributed by atoms with Crippen molar-refractivity contribution in [1.29, 1.82) is 0 Å². The second kappa shape index (κ2) is 5.44. The zero-order valence-corrected chi connectivity index (χ0v) is 12.5. The third-order valence-corrected chi connectivity index (χ3v) is 3.69. The van der Waals surface area contributed by atoms with Gasteiger partial charge in [-0.2, -0.15) is 0 Å². The molecule has 0 aliphatic carbocycles. The van der Waals surface area contributed by atoms with Gasteiger partial charge in [-0.25, -0.2) is 0 Å². The number of rotatable bonds is 3. The molecule has 3 nitrogen and oxygen atoms in total. The summed E-state index contributed by atoms with van der Waals surface area (Å²) in [5.74, 6) is 0.844. The molecule has 0 atom stereocenters. The summed E-state index contributed by atoms with van der Waals surface area (Å²) >= 11 is 0. The van der Waals surface area contributed by atoms with Crippen molar-refractivity contribution in [3.05, 3.63) is 60.3 Å². The summed E-state index contributed by atoms with van der Waals surface area (Å²) in [7, 11) is 3.74. The van der Waals surface area contributed by atoms with Gasteiger partial charge in [-0.05, 0) is 43.3 Å². The molecule has 106 valence electrons. The van der Waals surface area contributed by atoms with Crippen molar-refractivity contribution in [2.75, 3.05) is 7.11 Å². The van der Waals surface area contributed by atoms with Crippen LogP contribution in [0.2, 0.25) is 0 Å². The predicted octanol–water partition coefficient (Wildman–Crippen LogP) is 4.33. The van der Waals surface area contributed by atoms with E-state index in [2.05, 4.69) is 41.9 Å². The fourth-order valence-electron chi connectivity index (χ4n) is 2.54. The summed E-state index contributed by atoms with van der Waals surface area (Å²) in [5, 5.41) is 1.24. The van der Waals surface area contributed by atoms with Gasteiger partial charge in [-0.15, -0.1) is 0 Å². The third-order valence-electron chi connectivity index (χ3n) is 3.69. The lowest BCUT2D eigenvalue weighted by Gasteiger charge is -2.05. The van der Waals surface area contributed by atoms with Crippen LogP contribution in [0.1, 0.15) is 12.6 Å². The molecule has 0 bridgehead atoms. The Morgan fingerprint density at radius 2 is 1.76 bits per heavy atom. The first-order chi connectivity index (χ1) is 10.2. The van der Waals surface area contributed by atoms with Gasteiger partial charge in [0.25, 0.3) is 0 Å². The second-order valence-corrected chi connectivity index (χ2v) is 5.04. The van der Waals surface area contributed by atoms with Gasteiger partial charge in [-0.3, -0.25) is 4.99 Å². The summed E-state index contributed by atoms with van der Waals surface area (Å²) in [6, 6.07) is 18.3. The van der Waals surface area contributed by atoms with Gasteiger partial charge >= 0.3 is 0 Å². The molecule has 0 amide bonds. The number of aromatic nitrogens is 1. The van der Waals surface area contributed by atoms with Crippen LogP contribution in [0.15, 0.2) is 59.6 Å². The molecule has 21 heavy (non-hydrogen) atoms. The van der Waals surface area contributed by atoms with Crippen LogP contribution in [0.4, 0.5) is 5.69 Å². The highest BCUT2D eigenvalue weighted by molar-refractivity contribution is 6.03. The van der Waals surface area contributed by atoms with E-state index in [0.717, 1.165) is 22.8 Å². The van der Waals surface area contributed by atoms with Gasteiger partial charge in [0.05, 0.1) is 24.2 Å². The lowest BCUT2D eigenvalue weighted by atomic mass is 10.2. The number of hydrogen-bond acceptors (Lipinski definition) is 2. The van der Waals surface area contributed by atoms with Crippen LogP contribution in [-0.2, 0) is 7.05 Å². The maximum Gasteiger partial charge on any atom is 0.119 e. The van der Waals surface area contributed by atoms with Crippen LogP contribution in [0.25, 0.3) is 10.9 Å². The highest BCUT2D eigenvalue weighted by Gasteiger charge is 2.07. The predicted molar refractivity (Wildman–Crippen MR) is 87.8 cm³/mol. The number of aryl methyl sites for hydroxylation is 1. The maximum absolute atomic E-state index is 5.17. The molecule has 0 radical (unpaired) electrons. The summed E-state index contributed by atoms with van der Waals surface area (Å²) in [6.07, 6.45) is 0. The van der Waals surface area contributed by atoms with E-state index in [9.17, 15) is 0 Å². The zero-order chi connectivity index (χ0) is 14.8. The molecule has 1 aromatic heterocycles. The normalized spacial score (nSPS) is 11.9. The van der Waals surface area contributed by atoms with Crippen molar-refractivity contribution in [2.45, 2.75) is 6.92 Å². The average Bonchev–Trinajstić information content (AvgIpc) is 2.86. The molecule has 0 unspecified atom stereocenters. The Kier molecular flexibility index (Phi) is 3.48. The maximum atomic E-state index is 5.17. The Labute approximate surface area is 124 Å². The van der Waals surface area contributed by atoms with E-state index < -0.39 is 0 Å². The number of benzene rings is 2. The molecule has 0 N–H and O–H groups in total. The van der Waals surface area contributed by atoms with E-state index in [1.807, 2.05) is 31.2 Å². The Morgan fingerprint density at radius 3 is 2.43 bits per heavy atom. The molecule has 0 saturated heterocycles. The second-order valence-electron chi connectivity index (χ2n) is 5.04. The number of nitrogens with zero attached hydrogens (tertiary/aromatic N) is 2. The number of ether oxygens (including phenoxy) is 1. The summed E-state index contributed by atoms with van der Waals surface area (Å²) in [6.45, 7) is 2.04. The van der Waals surface area contributed by atoms with Gasteiger partial charge < -0.3 is 9.30 Å². The van der Waals surface area contributed by atoms with Crippen LogP contribution >= 0.6 is 0 Å². The fourth-order valence-corrected chi connectivity index (χ4v) is 2.54. The molecule has 0 spiro atoms. The molecular weight excluding hydrogens is 260 g/mol. The van der Waals surface area contributed by atoms with Crippen molar-refractivity contribution in [3.63, 3.8) is 0 Å². The van der Waals surface area contributed by atoms with Crippen molar-refractivity contribution in [1.82, 2.24) is 4.57 Å². The minimum atomic E-state index is 0.844. The van der Waals surface area contributed by atoms with Crippen molar-refractivity contribution in [2.24, 2.45) is 12.0 Å². The molecule has 0 fully saturated rings. The molecule has 2 aromatic carbocycles. The average molecular weight is 278 g/mol. The molecule has 3 rings (SSSR count). The number of hydrogen-bond donors (Lipinski definition) is 0. The highest BCUT2D eigenvalue weighted by atomic mass is 16.5. The largest absolute Gasteiger partial charge is 0.497 e. The Morgan fingerprint density at radius 1 is 1.05 bits per heavy atom. The van der Waals surface area contributed by atoms with E-state index in [-0.39, 0.29) is 0 Å². The minimum Gasteiger partial charge on any atom is -0.497 e. The van der Waals surface area contributed by atoms with Crippen molar-refractivity contribution in [3.8, 4) is 5.75 Å². The standard InChI is InChI=1S/C18H18N2O/c1-13(19-15-8-10-16(21-3)11-9-15)18-12-14-6-4-5-7-17(14)20(18)2/h4-12H,1-3H3. The number of para-hydroxylation sites is 1. The van der Waals surface area contributed by atoms with Crippen LogP contribution in [0.5, 0.6) is 5.75 Å². The molecule has 0 saturated carbocycles. The molecule has 1 heterocycles. The summed E-state index contributed by atoms with van der Waals surface area (Å²) in [5.41, 5.74) is 4.28. The monoisotopic (exact) mass is 278 g/mol. The third kappa shape index (κ3) is 2.55. The smallest absolute Gasteiger partial charge is 0.119 e. The highest BCUT2D eigenvalue weighted by Crippen LogP contribution is 2.22. The van der Waals surface area contributed by atoms with Gasteiger partial charge in [0, 0.05) is 18.0 Å². The molecule has 0 aliphatic heterocycles. The van der Waals surface area contributed by atoms with Gasteiger partial charge in [0.2, 0.25) is 0 Å². The van der Waals surface area contributed by atoms with Gasteiger partial charge in [0.15, 0.2) is 0 Å². The van der Waals surface area contributed by atoms with E-state index in [0.29, 0.717) is 0 Å². The van der Waals surface area contributed by atoms with E-state index in [1.165, 1.54) is 10.9 Å². The van der Waals surface area contributed by atoms with Gasteiger partial charge in [0.1, 0.15) is 5.75 Å². The van der Waals surface area contributed by atoms with Crippen LogP contribution in [-0.4, -0.2) is 17.4 Å². The quantitative estimate of drug-likeness (QED) is 0.655. The van der Waals surface area contributed by atoms with Crippen molar-refractivity contribution < 1.29 is 4.74 Å². The van der Waals surface area contributed by atoms with Crippen LogP contribution < -0.4 is 4.74 Å². The lowest BCUT2D eigenvalue weighted by Crippen LogP contribution is -2.02. The molecular formula is C18H18N2O. The lowest BCUT2D eigenvalue weighted by molar-refractivity contribution is 0.415. The van der Waals surface area contributed by atoms with E-state index in [4.69, 9.17) is 9.73 Å². The van der Waals surface area contributed by atoms with Crippen LogP contribution in [0, 0.1) is 0 Å².